The van der Waals surface area contributed by atoms with Gasteiger partial charge in [0.05, 0.1) is 10.7 Å². The summed E-state index contributed by atoms with van der Waals surface area (Å²) in [5.41, 5.74) is 1.86. The molecular weight excluding hydrogens is 460 g/mol. The van der Waals surface area contributed by atoms with E-state index in [1.165, 1.54) is 35.6 Å². The molecule has 0 spiro atoms. The van der Waals surface area contributed by atoms with E-state index in [9.17, 15) is 14.0 Å². The number of rotatable bonds is 4. The van der Waals surface area contributed by atoms with Crippen LogP contribution < -0.4 is 5.32 Å². The van der Waals surface area contributed by atoms with Crippen LogP contribution in [0.2, 0.25) is 10.0 Å². The van der Waals surface area contributed by atoms with Crippen molar-refractivity contribution in [1.29, 1.82) is 0 Å². The van der Waals surface area contributed by atoms with E-state index in [-0.39, 0.29) is 23.5 Å². The van der Waals surface area contributed by atoms with E-state index in [0.717, 1.165) is 5.56 Å². The van der Waals surface area contributed by atoms with E-state index in [2.05, 4.69) is 10.3 Å². The Morgan fingerprint density at radius 3 is 2.48 bits per heavy atom. The molecule has 31 heavy (non-hydrogen) atoms. The predicted octanol–water partition coefficient (Wildman–Crippen LogP) is 5.75. The Balaban J connectivity index is 1.34. The maximum atomic E-state index is 13.1. The highest BCUT2D eigenvalue weighted by Gasteiger charge is 2.28. The largest absolute Gasteiger partial charge is 0.339 e. The average Bonchev–Trinajstić information content (AvgIpc) is 3.22. The number of carbonyl (C=O) groups is 2. The highest BCUT2D eigenvalue weighted by atomic mass is 35.5. The lowest BCUT2D eigenvalue weighted by Gasteiger charge is -2.31. The molecule has 0 atom stereocenters. The Morgan fingerprint density at radius 2 is 1.81 bits per heavy atom. The minimum Gasteiger partial charge on any atom is -0.339 e. The minimum atomic E-state index is -0.379. The SMILES string of the molecule is O=C(Nc1nc(-c2ccc(Cl)cc2Cl)cs1)C1CCN(C(=O)c2ccc(F)cc2)CC1. The first-order chi connectivity index (χ1) is 14.9. The van der Waals surface area contributed by atoms with Gasteiger partial charge >= 0.3 is 0 Å². The molecule has 0 radical (unpaired) electrons. The van der Waals surface area contributed by atoms with Crippen molar-refractivity contribution in [2.75, 3.05) is 18.4 Å². The van der Waals surface area contributed by atoms with E-state index in [1.807, 2.05) is 5.38 Å². The van der Waals surface area contributed by atoms with Crippen LogP contribution in [0.4, 0.5) is 9.52 Å². The molecule has 1 N–H and O–H groups in total. The van der Waals surface area contributed by atoms with Crippen molar-refractivity contribution in [2.45, 2.75) is 12.8 Å². The lowest BCUT2D eigenvalue weighted by molar-refractivity contribution is -0.121. The van der Waals surface area contributed by atoms with E-state index in [0.29, 0.717) is 52.4 Å². The monoisotopic (exact) mass is 477 g/mol. The molecule has 1 saturated heterocycles. The molecule has 0 unspecified atom stereocenters. The van der Waals surface area contributed by atoms with Crippen molar-refractivity contribution >= 4 is 51.5 Å². The van der Waals surface area contributed by atoms with Crippen LogP contribution in [-0.4, -0.2) is 34.8 Å². The molecule has 1 aliphatic rings. The highest BCUT2D eigenvalue weighted by molar-refractivity contribution is 7.14. The normalized spacial score (nSPS) is 14.5. The maximum absolute atomic E-state index is 13.1. The van der Waals surface area contributed by atoms with Gasteiger partial charge in [-0.15, -0.1) is 11.3 Å². The molecule has 2 amide bonds. The summed E-state index contributed by atoms with van der Waals surface area (Å²) in [5, 5.41) is 6.23. The second-order valence-corrected chi connectivity index (χ2v) is 8.93. The first-order valence-electron chi connectivity index (χ1n) is 9.67. The minimum absolute atomic E-state index is 0.114. The summed E-state index contributed by atoms with van der Waals surface area (Å²) in [5.74, 6) is -0.848. The Bertz CT molecular complexity index is 1110. The summed E-state index contributed by atoms with van der Waals surface area (Å²) in [6.45, 7) is 0.940. The topological polar surface area (TPSA) is 62.3 Å². The molecule has 1 aliphatic heterocycles. The van der Waals surface area contributed by atoms with Crippen molar-refractivity contribution < 1.29 is 14.0 Å². The van der Waals surface area contributed by atoms with Gasteiger partial charge in [-0.1, -0.05) is 23.2 Å². The van der Waals surface area contributed by atoms with E-state index in [1.54, 1.807) is 23.1 Å². The number of hydrogen-bond donors (Lipinski definition) is 1. The Kier molecular flexibility index (Phi) is 6.55. The number of hydrogen-bond acceptors (Lipinski definition) is 4. The molecule has 0 bridgehead atoms. The number of nitrogens with one attached hydrogen (secondary N) is 1. The highest BCUT2D eigenvalue weighted by Crippen LogP contribution is 2.32. The summed E-state index contributed by atoms with van der Waals surface area (Å²) < 4.78 is 13.1. The van der Waals surface area contributed by atoms with Crippen LogP contribution in [0.25, 0.3) is 11.3 Å². The molecule has 4 rings (SSSR count). The molecule has 0 saturated carbocycles. The van der Waals surface area contributed by atoms with E-state index >= 15 is 0 Å². The van der Waals surface area contributed by atoms with Gasteiger partial charge in [-0.05, 0) is 55.3 Å². The number of benzene rings is 2. The molecule has 9 heteroatoms. The third kappa shape index (κ3) is 5.06. The second kappa shape index (κ2) is 9.34. The van der Waals surface area contributed by atoms with Crippen LogP contribution in [0.5, 0.6) is 0 Å². The third-order valence-corrected chi connectivity index (χ3v) is 6.49. The zero-order valence-electron chi connectivity index (χ0n) is 16.3. The molecule has 3 aromatic rings. The van der Waals surface area contributed by atoms with E-state index in [4.69, 9.17) is 23.2 Å². The number of halogens is 3. The standard InChI is InChI=1S/C22H18Cl2FN3O2S/c23-15-3-6-17(18(24)11-15)19-12-31-22(26-19)27-20(29)13-7-9-28(10-8-13)21(30)14-1-4-16(25)5-2-14/h1-6,11-13H,7-10H2,(H,26,27,29). The Labute approximate surface area is 192 Å². The van der Waals surface area contributed by atoms with Gasteiger partial charge in [0.2, 0.25) is 5.91 Å². The number of likely N-dealkylation sites (tertiary alicyclic amines) is 1. The van der Waals surface area contributed by atoms with Crippen molar-refractivity contribution in [3.8, 4) is 11.3 Å². The number of nitrogens with zero attached hydrogens (tertiary/aromatic N) is 2. The number of amides is 2. The van der Waals surface area contributed by atoms with Gasteiger partial charge in [0.15, 0.2) is 5.13 Å². The van der Waals surface area contributed by atoms with Gasteiger partial charge in [0.25, 0.3) is 5.91 Å². The number of anilines is 1. The molecule has 2 heterocycles. The number of aromatic nitrogens is 1. The number of carbonyl (C=O) groups excluding carboxylic acids is 2. The molecule has 5 nitrogen and oxygen atoms in total. The van der Waals surface area contributed by atoms with Crippen molar-refractivity contribution in [2.24, 2.45) is 5.92 Å². The lowest BCUT2D eigenvalue weighted by atomic mass is 9.95. The quantitative estimate of drug-likeness (QED) is 0.520. The molecule has 1 aromatic heterocycles. The van der Waals surface area contributed by atoms with Crippen LogP contribution >= 0.6 is 34.5 Å². The third-order valence-electron chi connectivity index (χ3n) is 5.19. The van der Waals surface area contributed by atoms with Crippen molar-refractivity contribution in [3.63, 3.8) is 0 Å². The summed E-state index contributed by atoms with van der Waals surface area (Å²) in [4.78, 5) is 31.4. The van der Waals surface area contributed by atoms with Gasteiger partial charge < -0.3 is 10.2 Å². The fourth-order valence-corrected chi connectivity index (χ4v) is 4.70. The van der Waals surface area contributed by atoms with Crippen LogP contribution in [0.15, 0.2) is 47.8 Å². The zero-order valence-corrected chi connectivity index (χ0v) is 18.6. The summed E-state index contributed by atoms with van der Waals surface area (Å²) in [6, 6.07) is 10.7. The number of piperidine rings is 1. The summed E-state index contributed by atoms with van der Waals surface area (Å²) in [7, 11) is 0. The second-order valence-electron chi connectivity index (χ2n) is 7.22. The van der Waals surface area contributed by atoms with Crippen LogP contribution in [0, 0.1) is 11.7 Å². The number of thiazole rings is 1. The molecule has 1 fully saturated rings. The molecule has 2 aromatic carbocycles. The lowest BCUT2D eigenvalue weighted by Crippen LogP contribution is -2.41. The van der Waals surface area contributed by atoms with Gasteiger partial charge in [-0.3, -0.25) is 9.59 Å². The zero-order chi connectivity index (χ0) is 22.0. The first-order valence-corrected chi connectivity index (χ1v) is 11.3. The van der Waals surface area contributed by atoms with Crippen LogP contribution in [-0.2, 0) is 4.79 Å². The van der Waals surface area contributed by atoms with Gasteiger partial charge in [-0.2, -0.15) is 0 Å². The smallest absolute Gasteiger partial charge is 0.253 e. The molecular formula is C22H18Cl2FN3O2S. The van der Waals surface area contributed by atoms with E-state index < -0.39 is 0 Å². The first kappa shape index (κ1) is 21.7. The van der Waals surface area contributed by atoms with Crippen LogP contribution in [0.1, 0.15) is 23.2 Å². The summed E-state index contributed by atoms with van der Waals surface area (Å²) >= 11 is 13.5. The van der Waals surface area contributed by atoms with Gasteiger partial charge in [0, 0.05) is 40.5 Å². The fourth-order valence-electron chi connectivity index (χ4n) is 3.48. The summed E-state index contributed by atoms with van der Waals surface area (Å²) in [6.07, 6.45) is 1.11. The van der Waals surface area contributed by atoms with Gasteiger partial charge in [0.1, 0.15) is 5.82 Å². The molecule has 160 valence electrons. The Hall–Kier alpha value is -2.48. The maximum Gasteiger partial charge on any atom is 0.253 e. The van der Waals surface area contributed by atoms with Crippen LogP contribution in [0.3, 0.4) is 0 Å². The van der Waals surface area contributed by atoms with Gasteiger partial charge in [-0.25, -0.2) is 9.37 Å². The Morgan fingerprint density at radius 1 is 1.10 bits per heavy atom. The van der Waals surface area contributed by atoms with Crippen molar-refractivity contribution in [1.82, 2.24) is 9.88 Å². The average molecular weight is 478 g/mol. The fraction of sp³-hybridized carbons (Fsp3) is 0.227. The predicted molar refractivity (Wildman–Crippen MR) is 121 cm³/mol. The van der Waals surface area contributed by atoms with Crippen molar-refractivity contribution in [3.05, 3.63) is 69.3 Å². The molecule has 0 aliphatic carbocycles.